The number of hydrogen-bond acceptors (Lipinski definition) is 2. The third kappa shape index (κ3) is 887. The molecule has 0 bridgehead atoms. The highest BCUT2D eigenvalue weighted by Crippen LogP contribution is 1.41. The van der Waals surface area contributed by atoms with Crippen LogP contribution in [0.4, 0.5) is 0 Å². The summed E-state index contributed by atoms with van der Waals surface area (Å²) in [5.41, 5.74) is 0. The zero-order valence-corrected chi connectivity index (χ0v) is 4.86. The Labute approximate surface area is 46.9 Å². The second-order valence-corrected chi connectivity index (χ2v) is 0.833. The summed E-state index contributed by atoms with van der Waals surface area (Å²) in [4.78, 5) is 0. The molecule has 0 saturated heterocycles. The fraction of sp³-hybridized carbons (Fsp3) is 0.250. The van der Waals surface area contributed by atoms with Gasteiger partial charge in [0, 0.05) is 10.3 Å². The first-order chi connectivity index (χ1) is 3.33. The summed E-state index contributed by atoms with van der Waals surface area (Å²) >= 11 is 0.500. The smallest absolute Gasteiger partial charge is 0.193 e. The molecule has 2 nitrogen and oxygen atoms in total. The Morgan fingerprint density at radius 1 is 2.00 bits per heavy atom. The molecule has 0 aliphatic rings. The Balaban J connectivity index is 0. The first kappa shape index (κ1) is 9.54. The minimum Gasteiger partial charge on any atom is -0.193 e. The highest BCUT2D eigenvalue weighted by atomic mass is 32.1. The quantitative estimate of drug-likeness (QED) is 0.346. The predicted molar refractivity (Wildman–Crippen MR) is 29.8 cm³/mol. The molecule has 0 saturated carbocycles. The van der Waals surface area contributed by atoms with E-state index in [9.17, 15) is 0 Å². The maximum atomic E-state index is 8.85. The molecule has 3 heteroatoms. The van der Waals surface area contributed by atoms with Crippen molar-refractivity contribution >= 4 is 11.7 Å². The summed E-state index contributed by atoms with van der Waals surface area (Å²) in [6, 6.07) is 1.69. The lowest BCUT2D eigenvalue weighted by Crippen LogP contribution is -1.32. The number of nitriles is 1. The zero-order chi connectivity index (χ0) is 6.12. The predicted octanol–water partition coefficient (Wildman–Crippen LogP) is 0.740. The molecule has 0 spiro atoms. The molecule has 0 fully saturated rings. The number of hydrogen-bond donors (Lipinski definition) is 0. The number of allylic oxidation sites excluding steroid dienone is 1. The largest absolute Gasteiger partial charge is 0.455 e. The fourth-order valence-corrected chi connectivity index (χ4v) is 0. The van der Waals surface area contributed by atoms with E-state index in [0.29, 0.717) is 11.7 Å². The Morgan fingerprint density at radius 2 is 2.14 bits per heavy atom. The van der Waals surface area contributed by atoms with Gasteiger partial charge in [-0.05, 0) is 0 Å². The Kier molecular flexibility index (Phi) is 25.5. The van der Waals surface area contributed by atoms with E-state index in [4.69, 9.17) is 9.47 Å². The Bertz CT molecular complexity index is 84.2. The van der Waals surface area contributed by atoms with Crippen molar-refractivity contribution < 1.29 is 4.21 Å². The topological polar surface area (TPSA) is 40.9 Å². The van der Waals surface area contributed by atoms with E-state index in [1.807, 2.05) is 0 Å². The third-order valence-electron chi connectivity index (χ3n) is 0.0913. The molecular weight excluding hydrogens is 110 g/mol. The van der Waals surface area contributed by atoms with E-state index in [1.54, 1.807) is 6.07 Å². The third-order valence-corrected chi connectivity index (χ3v) is 0.0913. The van der Waals surface area contributed by atoms with Gasteiger partial charge < -0.3 is 0 Å². The summed E-state index contributed by atoms with van der Waals surface area (Å²) < 4.78 is 8.85. The fourth-order valence-electron chi connectivity index (χ4n) is 0. The van der Waals surface area contributed by atoms with Gasteiger partial charge in [-0.2, -0.15) is 5.26 Å². The zero-order valence-electron chi connectivity index (χ0n) is 4.05. The van der Waals surface area contributed by atoms with Crippen LogP contribution in [0.1, 0.15) is 0 Å². The van der Waals surface area contributed by atoms with Crippen molar-refractivity contribution in [2.45, 2.75) is 0 Å². The van der Waals surface area contributed by atoms with Crippen molar-refractivity contribution in [1.29, 1.82) is 5.26 Å². The average molecular weight is 116 g/mol. The molecule has 0 aromatic heterocycles. The minimum atomic E-state index is 0.500. The summed E-state index contributed by atoms with van der Waals surface area (Å²) in [6.07, 6.45) is 2.67. The molecular formula is C4H6NOS+. The lowest BCUT2D eigenvalue weighted by molar-refractivity contribution is 0.607. The van der Waals surface area contributed by atoms with Crippen LogP contribution in [-0.4, -0.2) is 6.26 Å². The second kappa shape index (κ2) is 18.7. The molecule has 0 N–H and O–H groups in total. The van der Waals surface area contributed by atoms with Crippen molar-refractivity contribution in [2.24, 2.45) is 0 Å². The van der Waals surface area contributed by atoms with Gasteiger partial charge in [0.2, 0.25) is 6.26 Å². The van der Waals surface area contributed by atoms with Crippen LogP contribution in [0.5, 0.6) is 0 Å². The lowest BCUT2D eigenvalue weighted by atomic mass is 10.8. The van der Waals surface area contributed by atoms with Gasteiger partial charge in [0.25, 0.3) is 0 Å². The summed E-state index contributed by atoms with van der Waals surface area (Å²) in [5, 5.41) is 7.51. The van der Waals surface area contributed by atoms with Crippen molar-refractivity contribution in [1.82, 2.24) is 0 Å². The van der Waals surface area contributed by atoms with E-state index in [1.165, 1.54) is 12.3 Å². The molecule has 0 radical (unpaired) electrons. The van der Waals surface area contributed by atoms with Gasteiger partial charge in [0.1, 0.15) is 0 Å². The van der Waals surface area contributed by atoms with Crippen LogP contribution >= 0.6 is 0 Å². The standard InChI is InChI=1S/C3H3N.CH3OS/c1-2-3-4;1-3-2/h2H,1H2;1H3/q;+1. The maximum absolute atomic E-state index is 8.85. The van der Waals surface area contributed by atoms with Gasteiger partial charge in [-0.1, -0.05) is 6.58 Å². The van der Waals surface area contributed by atoms with Gasteiger partial charge in [-0.3, -0.25) is 0 Å². The van der Waals surface area contributed by atoms with Gasteiger partial charge in [-0.25, -0.2) is 0 Å². The van der Waals surface area contributed by atoms with Gasteiger partial charge >= 0.3 is 11.7 Å². The van der Waals surface area contributed by atoms with Crippen molar-refractivity contribution in [3.63, 3.8) is 0 Å². The molecule has 0 heterocycles. The molecule has 0 amide bonds. The first-order valence-electron chi connectivity index (χ1n) is 1.50. The molecule has 0 aliphatic carbocycles. The Morgan fingerprint density at radius 3 is 2.14 bits per heavy atom. The van der Waals surface area contributed by atoms with Crippen molar-refractivity contribution in [3.05, 3.63) is 12.7 Å². The van der Waals surface area contributed by atoms with Crippen LogP contribution in [0, 0.1) is 11.3 Å². The molecule has 0 aliphatic heterocycles. The second-order valence-electron chi connectivity index (χ2n) is 0.500. The first-order valence-corrected chi connectivity index (χ1v) is 2.65. The molecule has 38 valence electrons. The van der Waals surface area contributed by atoms with Crippen LogP contribution in [0.15, 0.2) is 12.7 Å². The van der Waals surface area contributed by atoms with E-state index in [-0.39, 0.29) is 0 Å². The van der Waals surface area contributed by atoms with Crippen LogP contribution in [0.3, 0.4) is 0 Å². The van der Waals surface area contributed by atoms with Gasteiger partial charge in [0.05, 0.1) is 6.07 Å². The monoisotopic (exact) mass is 116 g/mol. The van der Waals surface area contributed by atoms with Gasteiger partial charge in [-0.15, -0.1) is 0 Å². The molecule has 0 unspecified atom stereocenters. The normalized spacial score (nSPS) is 4.00. The molecule has 7 heavy (non-hydrogen) atoms. The van der Waals surface area contributed by atoms with E-state index in [2.05, 4.69) is 6.58 Å². The lowest BCUT2D eigenvalue weighted by Gasteiger charge is -1.31. The SMILES string of the molecule is C=CC#N.C[S+]=O. The van der Waals surface area contributed by atoms with Crippen LogP contribution in [0.2, 0.25) is 0 Å². The number of rotatable bonds is 0. The van der Waals surface area contributed by atoms with E-state index < -0.39 is 0 Å². The van der Waals surface area contributed by atoms with E-state index >= 15 is 0 Å². The minimum absolute atomic E-state index is 0.500. The van der Waals surface area contributed by atoms with E-state index in [0.717, 1.165) is 0 Å². The molecule has 0 rings (SSSR count). The summed E-state index contributed by atoms with van der Waals surface area (Å²) in [5.74, 6) is 0. The van der Waals surface area contributed by atoms with Crippen molar-refractivity contribution in [2.75, 3.05) is 6.26 Å². The maximum Gasteiger partial charge on any atom is 0.455 e. The highest BCUT2D eigenvalue weighted by molar-refractivity contribution is 7.64. The molecule has 0 atom stereocenters. The van der Waals surface area contributed by atoms with Crippen molar-refractivity contribution in [3.8, 4) is 6.07 Å². The summed E-state index contributed by atoms with van der Waals surface area (Å²) in [6.45, 7) is 3.12. The van der Waals surface area contributed by atoms with Crippen LogP contribution in [-0.2, 0) is 15.9 Å². The molecule has 0 aromatic carbocycles. The number of nitrogens with zero attached hydrogens (tertiary/aromatic N) is 1. The average Bonchev–Trinajstić information content (AvgIpc) is 1.69. The Hall–Kier alpha value is -0.750. The van der Waals surface area contributed by atoms with Gasteiger partial charge in [0.15, 0.2) is 0 Å². The van der Waals surface area contributed by atoms with Crippen LogP contribution in [0.25, 0.3) is 0 Å². The van der Waals surface area contributed by atoms with Crippen LogP contribution < -0.4 is 0 Å². The highest BCUT2D eigenvalue weighted by Gasteiger charge is 1.54. The molecule has 0 aromatic rings. The summed E-state index contributed by atoms with van der Waals surface area (Å²) in [7, 11) is 0.